The maximum atomic E-state index is 6.00. The van der Waals surface area contributed by atoms with Gasteiger partial charge in [-0.25, -0.2) is 9.97 Å². The van der Waals surface area contributed by atoms with Crippen molar-refractivity contribution in [2.24, 2.45) is 0 Å². The molecule has 108 valence electrons. The molecule has 0 radical (unpaired) electrons. The van der Waals surface area contributed by atoms with Crippen molar-refractivity contribution < 1.29 is 4.74 Å². The summed E-state index contributed by atoms with van der Waals surface area (Å²) >= 11 is 1.80. The molecule has 2 heterocycles. The molecule has 2 aliphatic rings. The second kappa shape index (κ2) is 5.66. The minimum Gasteiger partial charge on any atom is -0.480 e. The monoisotopic (exact) mass is 299 g/mol. The Hall–Kier alpha value is -1.59. The van der Waals surface area contributed by atoms with Crippen molar-refractivity contribution in [2.45, 2.75) is 36.4 Å². The molecule has 1 unspecified atom stereocenters. The molecule has 0 amide bonds. The largest absolute Gasteiger partial charge is 0.480 e. The number of aromatic nitrogens is 2. The lowest BCUT2D eigenvalue weighted by Crippen LogP contribution is -2.19. The summed E-state index contributed by atoms with van der Waals surface area (Å²) in [6, 6.07) is 8.83. The molecule has 5 heteroatoms. The highest BCUT2D eigenvalue weighted by molar-refractivity contribution is 7.99. The molecule has 0 saturated heterocycles. The SMILES string of the molecule is c1ccc2c(c1)OC(c1ncc(CNC3CC3)cn1)CS2. The summed E-state index contributed by atoms with van der Waals surface area (Å²) in [5.41, 5.74) is 1.13. The third kappa shape index (κ3) is 3.04. The maximum absolute atomic E-state index is 6.00. The summed E-state index contributed by atoms with van der Waals surface area (Å²) in [7, 11) is 0. The standard InChI is InChI=1S/C16H17N3OS/c1-2-4-15-13(3-1)20-14(10-21-15)16-18-8-11(9-19-16)7-17-12-5-6-12/h1-4,8-9,12,14,17H,5-7,10H2. The van der Waals surface area contributed by atoms with Gasteiger partial charge in [0.1, 0.15) is 5.75 Å². The number of para-hydroxylation sites is 1. The normalized spacial score (nSPS) is 20.7. The second-order valence-corrected chi connectivity index (χ2v) is 6.53. The molecule has 1 atom stereocenters. The number of rotatable bonds is 4. The lowest BCUT2D eigenvalue weighted by molar-refractivity contribution is 0.210. The van der Waals surface area contributed by atoms with Gasteiger partial charge in [0.25, 0.3) is 0 Å². The van der Waals surface area contributed by atoms with Crippen molar-refractivity contribution in [3.8, 4) is 5.75 Å². The third-order valence-corrected chi connectivity index (χ3v) is 4.81. The molecule has 1 aromatic heterocycles. The molecule has 1 aromatic carbocycles. The van der Waals surface area contributed by atoms with Crippen LogP contribution < -0.4 is 10.1 Å². The van der Waals surface area contributed by atoms with Gasteiger partial charge in [-0.05, 0) is 25.0 Å². The van der Waals surface area contributed by atoms with Gasteiger partial charge in [0.05, 0.1) is 0 Å². The van der Waals surface area contributed by atoms with Crippen LogP contribution in [0.3, 0.4) is 0 Å². The first-order chi connectivity index (χ1) is 10.4. The molecule has 0 spiro atoms. The van der Waals surface area contributed by atoms with Crippen molar-refractivity contribution in [1.82, 2.24) is 15.3 Å². The Morgan fingerprint density at radius 3 is 2.81 bits per heavy atom. The summed E-state index contributed by atoms with van der Waals surface area (Å²) in [5.74, 6) is 2.56. The van der Waals surface area contributed by atoms with Crippen LogP contribution in [-0.4, -0.2) is 21.8 Å². The van der Waals surface area contributed by atoms with E-state index in [1.807, 2.05) is 30.6 Å². The molecule has 1 aliphatic carbocycles. The van der Waals surface area contributed by atoms with Crippen molar-refractivity contribution >= 4 is 11.8 Å². The highest BCUT2D eigenvalue weighted by atomic mass is 32.2. The number of thioether (sulfide) groups is 1. The van der Waals surface area contributed by atoms with Crippen LogP contribution in [-0.2, 0) is 6.54 Å². The van der Waals surface area contributed by atoms with Crippen molar-refractivity contribution in [1.29, 1.82) is 0 Å². The quantitative estimate of drug-likeness (QED) is 0.940. The van der Waals surface area contributed by atoms with E-state index < -0.39 is 0 Å². The summed E-state index contributed by atoms with van der Waals surface area (Å²) < 4.78 is 6.00. The van der Waals surface area contributed by atoms with Gasteiger partial charge in [-0.3, -0.25) is 0 Å². The van der Waals surface area contributed by atoms with Crippen LogP contribution in [0.5, 0.6) is 5.75 Å². The molecule has 21 heavy (non-hydrogen) atoms. The zero-order valence-corrected chi connectivity index (χ0v) is 12.5. The number of benzene rings is 1. The number of nitrogens with one attached hydrogen (secondary N) is 1. The van der Waals surface area contributed by atoms with Crippen LogP contribution in [0.25, 0.3) is 0 Å². The number of fused-ring (bicyclic) bond motifs is 1. The predicted molar refractivity (Wildman–Crippen MR) is 82.4 cm³/mol. The van der Waals surface area contributed by atoms with Crippen molar-refractivity contribution in [3.05, 3.63) is 48.0 Å². The van der Waals surface area contributed by atoms with E-state index in [1.54, 1.807) is 11.8 Å². The first-order valence-electron chi connectivity index (χ1n) is 7.31. The zero-order valence-electron chi connectivity index (χ0n) is 11.7. The fourth-order valence-corrected chi connectivity index (χ4v) is 3.30. The molecular weight excluding hydrogens is 282 g/mol. The smallest absolute Gasteiger partial charge is 0.170 e. The predicted octanol–water partition coefficient (Wildman–Crippen LogP) is 2.95. The van der Waals surface area contributed by atoms with E-state index >= 15 is 0 Å². The Kier molecular flexibility index (Phi) is 3.53. The Bertz CT molecular complexity index is 628. The molecule has 0 bridgehead atoms. The first kappa shape index (κ1) is 13.1. The van der Waals surface area contributed by atoms with E-state index in [-0.39, 0.29) is 6.10 Å². The van der Waals surface area contributed by atoms with E-state index in [0.29, 0.717) is 6.04 Å². The van der Waals surface area contributed by atoms with E-state index in [1.165, 1.54) is 17.7 Å². The first-order valence-corrected chi connectivity index (χ1v) is 8.30. The molecule has 1 saturated carbocycles. The summed E-state index contributed by atoms with van der Waals surface area (Å²) in [4.78, 5) is 10.2. The molecule has 1 fully saturated rings. The highest BCUT2D eigenvalue weighted by Crippen LogP contribution is 2.39. The van der Waals surface area contributed by atoms with Crippen LogP contribution in [0.15, 0.2) is 41.6 Å². The molecule has 1 N–H and O–H groups in total. The molecule has 2 aromatic rings. The highest BCUT2D eigenvalue weighted by Gasteiger charge is 2.24. The minimum absolute atomic E-state index is 0.0599. The van der Waals surface area contributed by atoms with Gasteiger partial charge < -0.3 is 10.1 Å². The van der Waals surface area contributed by atoms with Gasteiger partial charge in [0, 0.05) is 41.2 Å². The average Bonchev–Trinajstić information content (AvgIpc) is 3.37. The number of nitrogens with zero attached hydrogens (tertiary/aromatic N) is 2. The van der Waals surface area contributed by atoms with Crippen LogP contribution >= 0.6 is 11.8 Å². The average molecular weight is 299 g/mol. The lowest BCUT2D eigenvalue weighted by atomic mass is 10.3. The molecule has 1 aliphatic heterocycles. The number of hydrogen-bond donors (Lipinski definition) is 1. The fourth-order valence-electron chi connectivity index (χ4n) is 2.32. The number of hydrogen-bond acceptors (Lipinski definition) is 5. The summed E-state index contributed by atoms with van der Waals surface area (Å²) in [6.45, 7) is 0.855. The van der Waals surface area contributed by atoms with Crippen molar-refractivity contribution in [2.75, 3.05) is 5.75 Å². The van der Waals surface area contributed by atoms with Crippen LogP contribution in [0, 0.1) is 0 Å². The van der Waals surface area contributed by atoms with E-state index in [4.69, 9.17) is 4.74 Å². The topological polar surface area (TPSA) is 47.0 Å². The number of ether oxygens (including phenoxy) is 1. The summed E-state index contributed by atoms with van der Waals surface area (Å²) in [5, 5.41) is 3.47. The second-order valence-electron chi connectivity index (χ2n) is 5.47. The van der Waals surface area contributed by atoms with Gasteiger partial charge in [0.15, 0.2) is 11.9 Å². The Morgan fingerprint density at radius 1 is 1.19 bits per heavy atom. The lowest BCUT2D eigenvalue weighted by Gasteiger charge is -2.24. The molecule has 4 nitrogen and oxygen atoms in total. The maximum Gasteiger partial charge on any atom is 0.170 e. The van der Waals surface area contributed by atoms with Crippen LogP contribution in [0.4, 0.5) is 0 Å². The van der Waals surface area contributed by atoms with Gasteiger partial charge in [-0.2, -0.15) is 0 Å². The Balaban J connectivity index is 1.44. The minimum atomic E-state index is -0.0599. The van der Waals surface area contributed by atoms with E-state index in [2.05, 4.69) is 21.4 Å². The Labute approximate surface area is 128 Å². The van der Waals surface area contributed by atoms with Crippen LogP contribution in [0.1, 0.15) is 30.3 Å². The van der Waals surface area contributed by atoms with E-state index in [0.717, 1.165) is 29.4 Å². The van der Waals surface area contributed by atoms with Crippen LogP contribution in [0.2, 0.25) is 0 Å². The summed E-state index contributed by atoms with van der Waals surface area (Å²) in [6.07, 6.45) is 6.35. The fraction of sp³-hybridized carbons (Fsp3) is 0.375. The Morgan fingerprint density at radius 2 is 2.00 bits per heavy atom. The van der Waals surface area contributed by atoms with Gasteiger partial charge in [0.2, 0.25) is 0 Å². The van der Waals surface area contributed by atoms with Gasteiger partial charge >= 0.3 is 0 Å². The molecule has 4 rings (SSSR count). The molecular formula is C16H17N3OS. The van der Waals surface area contributed by atoms with E-state index in [9.17, 15) is 0 Å². The van der Waals surface area contributed by atoms with Crippen molar-refractivity contribution in [3.63, 3.8) is 0 Å². The zero-order chi connectivity index (χ0) is 14.1. The van der Waals surface area contributed by atoms with Gasteiger partial charge in [-0.1, -0.05) is 12.1 Å². The third-order valence-electron chi connectivity index (χ3n) is 3.69. The van der Waals surface area contributed by atoms with Gasteiger partial charge in [-0.15, -0.1) is 11.8 Å².